The highest BCUT2D eigenvalue weighted by Gasteiger charge is 2.41. The van der Waals surface area contributed by atoms with E-state index in [0.29, 0.717) is 17.6 Å². The van der Waals surface area contributed by atoms with Gasteiger partial charge in [-0.1, -0.05) is 12.1 Å². The third-order valence-corrected chi connectivity index (χ3v) is 5.94. The number of hydrogen-bond donors (Lipinski definition) is 1. The first-order chi connectivity index (χ1) is 15.5. The summed E-state index contributed by atoms with van der Waals surface area (Å²) in [5, 5.41) is 10.3. The summed E-state index contributed by atoms with van der Waals surface area (Å²) in [7, 11) is 0. The van der Waals surface area contributed by atoms with Crippen molar-refractivity contribution in [2.75, 3.05) is 13.1 Å². The Morgan fingerprint density at radius 2 is 1.82 bits per heavy atom. The SMILES string of the molecule is C[C@H]1CN(Cc2c(O)ccc3c(=O)c(Oc4ccccc4Br)c(C(F)(F)F)oc23)C[C@H](C)O1. The van der Waals surface area contributed by atoms with Crippen LogP contribution < -0.4 is 10.2 Å². The molecule has 2 heterocycles. The van der Waals surface area contributed by atoms with Gasteiger partial charge in [-0.25, -0.2) is 0 Å². The van der Waals surface area contributed by atoms with Gasteiger partial charge in [0.25, 0.3) is 5.76 Å². The summed E-state index contributed by atoms with van der Waals surface area (Å²) < 4.78 is 58.5. The molecule has 0 bridgehead atoms. The average molecular weight is 528 g/mol. The first-order valence-electron chi connectivity index (χ1n) is 10.2. The summed E-state index contributed by atoms with van der Waals surface area (Å²) >= 11 is 3.20. The number of phenols is 1. The summed E-state index contributed by atoms with van der Waals surface area (Å²) in [6.07, 6.45) is -5.19. The van der Waals surface area contributed by atoms with E-state index in [4.69, 9.17) is 13.9 Å². The third kappa shape index (κ3) is 4.87. The number of morpholine rings is 1. The Kier molecular flexibility index (Phi) is 6.43. The number of para-hydroxylation sites is 1. The molecule has 0 saturated carbocycles. The number of phenolic OH excluding ortho intramolecular Hbond substituents is 1. The number of rotatable bonds is 4. The van der Waals surface area contributed by atoms with Crippen LogP contribution in [0.1, 0.15) is 25.2 Å². The second kappa shape index (κ2) is 9.00. The van der Waals surface area contributed by atoms with E-state index in [1.54, 1.807) is 18.2 Å². The lowest BCUT2D eigenvalue weighted by Crippen LogP contribution is -2.44. The van der Waals surface area contributed by atoms with Crippen LogP contribution in [-0.2, 0) is 17.5 Å². The lowest BCUT2D eigenvalue weighted by atomic mass is 10.1. The van der Waals surface area contributed by atoms with Crippen LogP contribution in [0.25, 0.3) is 11.0 Å². The minimum atomic E-state index is -5.01. The fourth-order valence-corrected chi connectivity index (χ4v) is 4.36. The smallest absolute Gasteiger partial charge is 0.453 e. The van der Waals surface area contributed by atoms with Gasteiger partial charge >= 0.3 is 6.18 Å². The third-order valence-electron chi connectivity index (χ3n) is 5.28. The molecule has 6 nitrogen and oxygen atoms in total. The molecule has 0 radical (unpaired) electrons. The fourth-order valence-electron chi connectivity index (χ4n) is 3.99. The molecule has 1 saturated heterocycles. The largest absolute Gasteiger partial charge is 0.507 e. The average Bonchev–Trinajstić information content (AvgIpc) is 2.72. The number of alkyl halides is 3. The highest BCUT2D eigenvalue weighted by molar-refractivity contribution is 9.10. The Morgan fingerprint density at radius 3 is 2.45 bits per heavy atom. The molecule has 1 fully saturated rings. The zero-order valence-corrected chi connectivity index (χ0v) is 19.4. The van der Waals surface area contributed by atoms with E-state index >= 15 is 0 Å². The molecule has 1 aliphatic heterocycles. The van der Waals surface area contributed by atoms with Gasteiger partial charge in [-0.15, -0.1) is 0 Å². The van der Waals surface area contributed by atoms with E-state index in [0.717, 1.165) is 0 Å². The maximum Gasteiger partial charge on any atom is 0.453 e. The van der Waals surface area contributed by atoms with Crippen LogP contribution in [0.2, 0.25) is 0 Å². The number of aromatic hydroxyl groups is 1. The highest BCUT2D eigenvalue weighted by Crippen LogP contribution is 2.41. The molecule has 1 N–H and O–H groups in total. The first-order valence-corrected chi connectivity index (χ1v) is 11.0. The molecule has 33 heavy (non-hydrogen) atoms. The van der Waals surface area contributed by atoms with Crippen molar-refractivity contribution in [2.45, 2.75) is 38.8 Å². The van der Waals surface area contributed by atoms with Crippen molar-refractivity contribution in [2.24, 2.45) is 0 Å². The Labute approximate surface area is 195 Å². The van der Waals surface area contributed by atoms with Crippen molar-refractivity contribution in [3.63, 3.8) is 0 Å². The second-order valence-electron chi connectivity index (χ2n) is 8.01. The van der Waals surface area contributed by atoms with Crippen molar-refractivity contribution in [3.05, 3.63) is 62.4 Å². The Balaban J connectivity index is 1.87. The quantitative estimate of drug-likeness (QED) is 0.470. The van der Waals surface area contributed by atoms with Crippen molar-refractivity contribution < 1.29 is 32.2 Å². The zero-order chi connectivity index (χ0) is 23.9. The standard InChI is InChI=1S/C23H21BrF3NO5/c1-12-9-28(10-13(2)31-12)11-15-17(29)8-7-14-19(30)21(22(23(25,26)27)33-20(14)15)32-18-6-4-3-5-16(18)24/h3-8,12-13,29H,9-11H2,1-2H3/t12-,13-/m0/s1. The predicted octanol–water partition coefficient (Wildman–Crippen LogP) is 5.68. The molecule has 0 spiro atoms. The molecule has 1 aromatic heterocycles. The summed E-state index contributed by atoms with van der Waals surface area (Å²) in [5.41, 5.74) is -1.20. The number of halogens is 4. The minimum Gasteiger partial charge on any atom is -0.507 e. The van der Waals surface area contributed by atoms with Gasteiger partial charge < -0.3 is 19.0 Å². The van der Waals surface area contributed by atoms with E-state index in [9.17, 15) is 23.1 Å². The van der Waals surface area contributed by atoms with Gasteiger partial charge in [-0.05, 0) is 54.0 Å². The molecule has 0 aliphatic carbocycles. The van der Waals surface area contributed by atoms with Crippen molar-refractivity contribution in [1.82, 2.24) is 4.90 Å². The van der Waals surface area contributed by atoms with E-state index in [2.05, 4.69) is 15.9 Å². The summed E-state index contributed by atoms with van der Waals surface area (Å²) in [6, 6.07) is 8.74. The number of ether oxygens (including phenoxy) is 2. The molecule has 0 amide bonds. The van der Waals surface area contributed by atoms with E-state index < -0.39 is 23.1 Å². The fraction of sp³-hybridized carbons (Fsp3) is 0.348. The van der Waals surface area contributed by atoms with Crippen molar-refractivity contribution in [3.8, 4) is 17.2 Å². The number of nitrogens with zero attached hydrogens (tertiary/aromatic N) is 1. The molecular formula is C23H21BrF3NO5. The van der Waals surface area contributed by atoms with Crippen LogP contribution in [0, 0.1) is 0 Å². The number of hydrogen-bond acceptors (Lipinski definition) is 6. The molecule has 4 rings (SSSR count). The lowest BCUT2D eigenvalue weighted by molar-refractivity contribution is -0.154. The zero-order valence-electron chi connectivity index (χ0n) is 17.8. The summed E-state index contributed by atoms with van der Waals surface area (Å²) in [5.74, 6) is -2.76. The molecule has 1 aliphatic rings. The Bertz CT molecular complexity index is 1230. The van der Waals surface area contributed by atoms with Crippen LogP contribution in [0.3, 0.4) is 0 Å². The van der Waals surface area contributed by atoms with Crippen molar-refractivity contribution in [1.29, 1.82) is 0 Å². The van der Waals surface area contributed by atoms with Gasteiger partial charge in [-0.2, -0.15) is 13.2 Å². The molecule has 10 heteroatoms. The topological polar surface area (TPSA) is 72.1 Å². The van der Waals surface area contributed by atoms with Crippen LogP contribution in [0.4, 0.5) is 13.2 Å². The summed E-state index contributed by atoms with van der Waals surface area (Å²) in [4.78, 5) is 15.1. The van der Waals surface area contributed by atoms with Gasteiger partial charge in [0, 0.05) is 19.6 Å². The van der Waals surface area contributed by atoms with Gasteiger partial charge in [-0.3, -0.25) is 9.69 Å². The molecule has 0 unspecified atom stereocenters. The molecule has 176 valence electrons. The molecule has 2 atom stereocenters. The number of benzene rings is 2. The molecular weight excluding hydrogens is 507 g/mol. The van der Waals surface area contributed by atoms with Crippen LogP contribution in [0.15, 0.2) is 50.1 Å². The predicted molar refractivity (Wildman–Crippen MR) is 119 cm³/mol. The second-order valence-corrected chi connectivity index (χ2v) is 8.87. The minimum absolute atomic E-state index is 0.0324. The van der Waals surface area contributed by atoms with E-state index in [1.165, 1.54) is 18.2 Å². The normalized spacial score (nSPS) is 19.7. The van der Waals surface area contributed by atoms with E-state index in [1.807, 2.05) is 18.7 Å². The Hall–Kier alpha value is -2.56. The van der Waals surface area contributed by atoms with Gasteiger partial charge in [0.15, 0.2) is 0 Å². The van der Waals surface area contributed by atoms with Crippen LogP contribution in [-0.4, -0.2) is 35.3 Å². The Morgan fingerprint density at radius 1 is 1.15 bits per heavy atom. The monoisotopic (exact) mass is 527 g/mol. The molecule has 3 aromatic rings. The van der Waals surface area contributed by atoms with Gasteiger partial charge in [0.05, 0.1) is 27.6 Å². The highest BCUT2D eigenvalue weighted by atomic mass is 79.9. The first kappa shape index (κ1) is 23.6. The van der Waals surface area contributed by atoms with Gasteiger partial charge in [0.2, 0.25) is 11.2 Å². The van der Waals surface area contributed by atoms with E-state index in [-0.39, 0.29) is 46.8 Å². The lowest BCUT2D eigenvalue weighted by Gasteiger charge is -2.35. The van der Waals surface area contributed by atoms with Gasteiger partial charge in [0.1, 0.15) is 17.1 Å². The maximum atomic E-state index is 13.9. The summed E-state index contributed by atoms with van der Waals surface area (Å²) in [6.45, 7) is 4.89. The van der Waals surface area contributed by atoms with Crippen LogP contribution >= 0.6 is 15.9 Å². The number of fused-ring (bicyclic) bond motifs is 1. The molecule has 2 aromatic carbocycles. The van der Waals surface area contributed by atoms with Crippen LogP contribution in [0.5, 0.6) is 17.2 Å². The van der Waals surface area contributed by atoms with Crippen molar-refractivity contribution >= 4 is 26.9 Å². The maximum absolute atomic E-state index is 13.9.